The molecule has 0 unspecified atom stereocenters. The molecule has 1 amide bonds. The number of carbonyl (C=O) groups is 1. The Bertz CT molecular complexity index is 1230. The molecule has 2 aromatic heterocycles. The Morgan fingerprint density at radius 1 is 1.28 bits per heavy atom. The van der Waals surface area contributed by atoms with E-state index in [9.17, 15) is 13.2 Å². The molecule has 32 heavy (non-hydrogen) atoms. The van der Waals surface area contributed by atoms with Gasteiger partial charge in [0.15, 0.2) is 0 Å². The molecule has 4 rings (SSSR count). The van der Waals surface area contributed by atoms with Crippen molar-refractivity contribution in [2.24, 2.45) is 10.2 Å². The Balaban J connectivity index is 1.47. The number of primary sulfonamides is 1. The van der Waals surface area contributed by atoms with E-state index >= 15 is 0 Å². The molecule has 1 aliphatic rings. The predicted molar refractivity (Wildman–Crippen MR) is 123 cm³/mol. The molecule has 0 saturated carbocycles. The van der Waals surface area contributed by atoms with Gasteiger partial charge in [-0.2, -0.15) is 5.10 Å². The summed E-state index contributed by atoms with van der Waals surface area (Å²) in [5.74, 6) is 1.31. The molecule has 3 heterocycles. The number of carbonyl (C=O) groups excluding carboxylic acids is 1. The van der Waals surface area contributed by atoms with E-state index in [4.69, 9.17) is 9.56 Å². The molecule has 0 fully saturated rings. The molecule has 0 bridgehead atoms. The lowest BCUT2D eigenvalue weighted by Crippen LogP contribution is -2.36. The Kier molecular flexibility index (Phi) is 6.29. The minimum absolute atomic E-state index is 0.0513. The van der Waals surface area contributed by atoms with E-state index in [1.165, 1.54) is 17.1 Å². The highest BCUT2D eigenvalue weighted by Gasteiger charge is 2.34. The third-order valence-electron chi connectivity index (χ3n) is 5.33. The minimum Gasteiger partial charge on any atom is -0.460 e. The molecule has 0 saturated heterocycles. The van der Waals surface area contributed by atoms with Crippen molar-refractivity contribution in [2.45, 2.75) is 37.2 Å². The van der Waals surface area contributed by atoms with Gasteiger partial charge in [-0.05, 0) is 55.1 Å². The summed E-state index contributed by atoms with van der Waals surface area (Å²) in [6.07, 6.45) is 0.587. The first-order valence-electron chi connectivity index (χ1n) is 10.1. The molecule has 8 nitrogen and oxygen atoms in total. The van der Waals surface area contributed by atoms with Crippen molar-refractivity contribution in [1.82, 2.24) is 10.3 Å². The fourth-order valence-electron chi connectivity index (χ4n) is 3.57. The van der Waals surface area contributed by atoms with Crippen molar-refractivity contribution in [3.8, 4) is 0 Å². The summed E-state index contributed by atoms with van der Waals surface area (Å²) in [7, 11) is -3.74. The molecule has 10 heteroatoms. The average molecular weight is 473 g/mol. The van der Waals surface area contributed by atoms with E-state index in [-0.39, 0.29) is 29.4 Å². The number of nitrogens with one attached hydrogen (secondary N) is 1. The number of aryl methyl sites for hydroxylation is 1. The highest BCUT2D eigenvalue weighted by molar-refractivity contribution is 7.89. The highest BCUT2D eigenvalue weighted by atomic mass is 32.2. The Labute approximate surface area is 190 Å². The quantitative estimate of drug-likeness (QED) is 0.547. The van der Waals surface area contributed by atoms with Gasteiger partial charge in [0.25, 0.3) is 5.91 Å². The minimum atomic E-state index is -3.74. The summed E-state index contributed by atoms with van der Waals surface area (Å²) >= 11 is 1.59. The van der Waals surface area contributed by atoms with Crippen molar-refractivity contribution in [2.75, 3.05) is 6.54 Å². The molecule has 3 aromatic rings. The Morgan fingerprint density at radius 2 is 2.03 bits per heavy atom. The number of benzene rings is 1. The number of hydrogen-bond donors (Lipinski definition) is 2. The summed E-state index contributed by atoms with van der Waals surface area (Å²) in [6.45, 7) is 3.85. The van der Waals surface area contributed by atoms with E-state index in [2.05, 4.69) is 10.4 Å². The molecule has 1 aliphatic heterocycles. The van der Waals surface area contributed by atoms with Crippen molar-refractivity contribution in [3.63, 3.8) is 0 Å². The van der Waals surface area contributed by atoms with E-state index in [1.54, 1.807) is 23.5 Å². The molecule has 0 radical (unpaired) electrons. The van der Waals surface area contributed by atoms with Gasteiger partial charge in [0.2, 0.25) is 10.0 Å². The van der Waals surface area contributed by atoms with E-state index in [0.717, 1.165) is 21.9 Å². The second kappa shape index (κ2) is 8.99. The molecule has 0 aliphatic carbocycles. The smallest absolute Gasteiger partial charge is 0.257 e. The van der Waals surface area contributed by atoms with Gasteiger partial charge in [-0.3, -0.25) is 4.79 Å². The van der Waals surface area contributed by atoms with Gasteiger partial charge in [0.1, 0.15) is 17.2 Å². The van der Waals surface area contributed by atoms with Gasteiger partial charge in [-0.1, -0.05) is 18.2 Å². The second-order valence-electron chi connectivity index (χ2n) is 7.65. The number of nitrogens with two attached hydrogens (primary N) is 1. The molecular weight excluding hydrogens is 448 g/mol. The monoisotopic (exact) mass is 472 g/mol. The van der Waals surface area contributed by atoms with Crippen molar-refractivity contribution in [3.05, 3.63) is 75.9 Å². The zero-order valence-corrected chi connectivity index (χ0v) is 19.3. The molecule has 168 valence electrons. The number of hydrazone groups is 1. The zero-order chi connectivity index (χ0) is 22.9. The molecular formula is C22H24N4O4S2. The summed E-state index contributed by atoms with van der Waals surface area (Å²) in [5.41, 5.74) is 1.59. The normalized spacial score (nSPS) is 17.4. The number of amides is 1. The number of rotatable bonds is 7. The average Bonchev–Trinajstić information content (AvgIpc) is 3.51. The lowest BCUT2D eigenvalue weighted by molar-refractivity contribution is -0.132. The molecule has 3 N–H and O–H groups in total. The van der Waals surface area contributed by atoms with Crippen LogP contribution in [0.15, 0.2) is 68.3 Å². The van der Waals surface area contributed by atoms with Crippen molar-refractivity contribution < 1.29 is 17.6 Å². The Hall–Kier alpha value is -2.79. The molecule has 2 atom stereocenters. The number of hydrogen-bond acceptors (Lipinski definition) is 7. The summed E-state index contributed by atoms with van der Waals surface area (Å²) in [5, 5.41) is 16.5. The van der Waals surface area contributed by atoms with E-state index in [0.29, 0.717) is 12.2 Å². The fraction of sp³-hybridized carbons (Fsp3) is 0.273. The first kappa shape index (κ1) is 22.4. The van der Waals surface area contributed by atoms with Gasteiger partial charge in [0.05, 0.1) is 17.5 Å². The largest absolute Gasteiger partial charge is 0.460 e. The van der Waals surface area contributed by atoms with Crippen LogP contribution in [0.5, 0.6) is 0 Å². The van der Waals surface area contributed by atoms with Crippen molar-refractivity contribution in [1.29, 1.82) is 0 Å². The standard InChI is InChI=1S/C22H24N4O4S2/c1-14-5-10-20(30-14)18-12-19(21-4-3-11-31-21)26(25-18)22(27)13-24-15(2)16-6-8-17(9-7-16)32(23,28)29/h3-11,15,19,24H,12-13H2,1-2H3,(H2,23,28,29)/t15-,19-/m1/s1. The van der Waals surface area contributed by atoms with Gasteiger partial charge in [-0.15, -0.1) is 11.3 Å². The predicted octanol–water partition coefficient (Wildman–Crippen LogP) is 3.33. The van der Waals surface area contributed by atoms with Gasteiger partial charge >= 0.3 is 0 Å². The summed E-state index contributed by atoms with van der Waals surface area (Å²) < 4.78 is 28.6. The highest BCUT2D eigenvalue weighted by Crippen LogP contribution is 2.35. The summed E-state index contributed by atoms with van der Waals surface area (Å²) in [6, 6.07) is 13.7. The third kappa shape index (κ3) is 4.83. The number of nitrogens with zero attached hydrogens (tertiary/aromatic N) is 2. The van der Waals surface area contributed by atoms with Crippen LogP contribution < -0.4 is 10.5 Å². The lowest BCUT2D eigenvalue weighted by Gasteiger charge is -2.22. The van der Waals surface area contributed by atoms with Crippen LogP contribution in [-0.4, -0.2) is 31.6 Å². The SMILES string of the molecule is Cc1ccc(C2=NN(C(=O)CN[C@H](C)c3ccc(S(N)(=O)=O)cc3)[C@@H](c3cccs3)C2)o1. The van der Waals surface area contributed by atoms with Crippen LogP contribution >= 0.6 is 11.3 Å². The van der Waals surface area contributed by atoms with Gasteiger partial charge in [-0.25, -0.2) is 18.6 Å². The maximum Gasteiger partial charge on any atom is 0.257 e. The molecule has 0 spiro atoms. The fourth-order valence-corrected chi connectivity index (χ4v) is 4.89. The first-order valence-corrected chi connectivity index (χ1v) is 12.5. The van der Waals surface area contributed by atoms with Gasteiger partial charge < -0.3 is 9.73 Å². The van der Waals surface area contributed by atoms with Crippen molar-refractivity contribution >= 4 is 33.0 Å². The van der Waals surface area contributed by atoms with Crippen LogP contribution in [0.2, 0.25) is 0 Å². The maximum atomic E-state index is 13.1. The third-order valence-corrected chi connectivity index (χ3v) is 7.23. The first-order chi connectivity index (χ1) is 15.2. The lowest BCUT2D eigenvalue weighted by atomic mass is 10.1. The maximum absolute atomic E-state index is 13.1. The van der Waals surface area contributed by atoms with Crippen LogP contribution in [0, 0.1) is 6.92 Å². The van der Waals surface area contributed by atoms with Gasteiger partial charge in [0, 0.05) is 17.3 Å². The topological polar surface area (TPSA) is 118 Å². The van der Waals surface area contributed by atoms with Crippen LogP contribution in [0.25, 0.3) is 0 Å². The van der Waals surface area contributed by atoms with E-state index in [1.807, 2.05) is 43.5 Å². The number of furan rings is 1. The second-order valence-corrected chi connectivity index (χ2v) is 10.2. The zero-order valence-electron chi connectivity index (χ0n) is 17.7. The Morgan fingerprint density at radius 3 is 2.62 bits per heavy atom. The van der Waals surface area contributed by atoms with Crippen LogP contribution in [0.3, 0.4) is 0 Å². The van der Waals surface area contributed by atoms with Crippen LogP contribution in [0.4, 0.5) is 0 Å². The number of thiophene rings is 1. The molecule has 1 aromatic carbocycles. The van der Waals surface area contributed by atoms with Crippen LogP contribution in [0.1, 0.15) is 47.4 Å². The number of sulfonamides is 1. The van der Waals surface area contributed by atoms with E-state index < -0.39 is 10.0 Å². The van der Waals surface area contributed by atoms with Crippen LogP contribution in [-0.2, 0) is 14.8 Å². The summed E-state index contributed by atoms with van der Waals surface area (Å²) in [4.78, 5) is 14.2.